The van der Waals surface area contributed by atoms with Crippen molar-refractivity contribution in [1.82, 2.24) is 4.90 Å². The van der Waals surface area contributed by atoms with Gasteiger partial charge in [0.05, 0.1) is 24.5 Å². The topological polar surface area (TPSA) is 57.6 Å². The van der Waals surface area contributed by atoms with E-state index in [0.717, 1.165) is 6.42 Å². The van der Waals surface area contributed by atoms with E-state index in [0.29, 0.717) is 0 Å². The number of amides is 2. The molecule has 2 fully saturated rings. The van der Waals surface area contributed by atoms with Gasteiger partial charge in [0, 0.05) is 5.25 Å². The molecule has 2 amide bonds. The number of rotatable bonds is 4. The summed E-state index contributed by atoms with van der Waals surface area (Å²) in [6.45, 7) is 1.85. The van der Waals surface area contributed by atoms with Crippen molar-refractivity contribution in [1.29, 1.82) is 0 Å². The van der Waals surface area contributed by atoms with Crippen LogP contribution >= 0.6 is 11.8 Å². The molecule has 1 heterocycles. The van der Waals surface area contributed by atoms with Gasteiger partial charge in [-0.25, -0.2) is 0 Å². The zero-order valence-electron chi connectivity index (χ0n) is 11.2. The van der Waals surface area contributed by atoms with Gasteiger partial charge in [0.25, 0.3) is 0 Å². The highest BCUT2D eigenvalue weighted by Crippen LogP contribution is 2.53. The average molecular weight is 281 g/mol. The largest absolute Gasteiger partial charge is 0.395 e. The summed E-state index contributed by atoms with van der Waals surface area (Å²) in [5, 5.41) is 9.27. The number of allylic oxidation sites excluding steroid dienone is 2. The summed E-state index contributed by atoms with van der Waals surface area (Å²) < 4.78 is 0. The minimum atomic E-state index is -0.231. The van der Waals surface area contributed by atoms with Crippen LogP contribution in [0.3, 0.4) is 0 Å². The molecule has 104 valence electrons. The molecular formula is C14H19NO3S. The number of nitrogens with zero attached hydrogens (tertiary/aromatic N) is 1. The highest BCUT2D eigenvalue weighted by molar-refractivity contribution is 7.99. The molecule has 3 aliphatic rings. The fraction of sp³-hybridized carbons (Fsp3) is 0.714. The molecular weight excluding hydrogens is 262 g/mol. The van der Waals surface area contributed by atoms with E-state index in [1.807, 2.05) is 13.2 Å². The summed E-state index contributed by atoms with van der Waals surface area (Å²) >= 11 is 1.50. The van der Waals surface area contributed by atoms with Gasteiger partial charge >= 0.3 is 0 Å². The molecule has 0 aromatic rings. The Hall–Kier alpha value is -0.810. The van der Waals surface area contributed by atoms with E-state index < -0.39 is 0 Å². The lowest BCUT2D eigenvalue weighted by atomic mass is 9.85. The zero-order chi connectivity index (χ0) is 13.7. The van der Waals surface area contributed by atoms with Crippen LogP contribution in [0.2, 0.25) is 0 Å². The first-order valence-electron chi connectivity index (χ1n) is 6.79. The molecule has 2 aliphatic carbocycles. The van der Waals surface area contributed by atoms with Crippen molar-refractivity contribution >= 4 is 23.6 Å². The summed E-state index contributed by atoms with van der Waals surface area (Å²) in [4.78, 5) is 26.5. The van der Waals surface area contributed by atoms with Gasteiger partial charge in [0.1, 0.15) is 0 Å². The predicted octanol–water partition coefficient (Wildman–Crippen LogP) is 0.906. The zero-order valence-corrected chi connectivity index (χ0v) is 12.0. The Kier molecular flexibility index (Phi) is 3.21. The van der Waals surface area contributed by atoms with Crippen LogP contribution in [0.5, 0.6) is 0 Å². The molecule has 0 aromatic carbocycles. The van der Waals surface area contributed by atoms with E-state index in [2.05, 4.69) is 12.2 Å². The van der Waals surface area contributed by atoms with E-state index in [1.165, 1.54) is 16.7 Å². The number of fused-ring (bicyclic) bond motifs is 5. The van der Waals surface area contributed by atoms with Crippen LogP contribution in [-0.2, 0) is 9.59 Å². The maximum atomic E-state index is 12.5. The summed E-state index contributed by atoms with van der Waals surface area (Å²) in [5.41, 5.74) is 0. The fourth-order valence-corrected chi connectivity index (χ4v) is 4.58. The number of hydrogen-bond donors (Lipinski definition) is 1. The molecule has 2 bridgehead atoms. The molecule has 19 heavy (non-hydrogen) atoms. The SMILES string of the molecule is CSC(CO)C(C)N1C(=O)C2C3C=CC(C3)C2C1=O. The Balaban J connectivity index is 1.86. The minimum absolute atomic E-state index is 0.0141. The maximum Gasteiger partial charge on any atom is 0.234 e. The standard InChI is InChI=1S/C14H19NO3S/c1-7(10(6-16)19-2)15-13(17)11-8-3-4-9(5-8)12(11)14(15)18/h3-4,7-12,16H,5-6H2,1-2H3. The quantitative estimate of drug-likeness (QED) is 0.614. The van der Waals surface area contributed by atoms with Crippen LogP contribution in [0, 0.1) is 23.7 Å². The summed E-state index contributed by atoms with van der Waals surface area (Å²) in [6, 6.07) is -0.231. The molecule has 0 radical (unpaired) electrons. The second kappa shape index (κ2) is 4.63. The third kappa shape index (κ3) is 1.71. The van der Waals surface area contributed by atoms with Crippen molar-refractivity contribution in [3.05, 3.63) is 12.2 Å². The molecule has 0 aromatic heterocycles. The molecule has 1 saturated heterocycles. The lowest BCUT2D eigenvalue weighted by Crippen LogP contribution is -2.46. The first-order valence-corrected chi connectivity index (χ1v) is 8.07. The van der Waals surface area contributed by atoms with Crippen molar-refractivity contribution in [3.8, 4) is 0 Å². The van der Waals surface area contributed by atoms with Crippen molar-refractivity contribution in [2.45, 2.75) is 24.6 Å². The van der Waals surface area contributed by atoms with Crippen molar-refractivity contribution in [2.75, 3.05) is 12.9 Å². The highest BCUT2D eigenvalue weighted by atomic mass is 32.2. The number of carbonyl (C=O) groups is 2. The van der Waals surface area contributed by atoms with E-state index in [-0.39, 0.29) is 53.4 Å². The van der Waals surface area contributed by atoms with E-state index in [9.17, 15) is 14.7 Å². The fourth-order valence-electron chi connectivity index (χ4n) is 3.92. The maximum absolute atomic E-state index is 12.5. The molecule has 6 unspecified atom stereocenters. The van der Waals surface area contributed by atoms with Crippen LogP contribution in [0.4, 0.5) is 0 Å². The third-order valence-electron chi connectivity index (χ3n) is 4.93. The van der Waals surface area contributed by atoms with Gasteiger partial charge in [-0.05, 0) is 31.4 Å². The van der Waals surface area contributed by atoms with Gasteiger partial charge in [0.15, 0.2) is 0 Å². The van der Waals surface area contributed by atoms with Gasteiger partial charge < -0.3 is 5.11 Å². The normalized spacial score (nSPS) is 39.0. The van der Waals surface area contributed by atoms with Crippen molar-refractivity contribution < 1.29 is 14.7 Å². The van der Waals surface area contributed by atoms with E-state index >= 15 is 0 Å². The summed E-state index contributed by atoms with van der Waals surface area (Å²) in [7, 11) is 0. The smallest absolute Gasteiger partial charge is 0.234 e. The van der Waals surface area contributed by atoms with E-state index in [1.54, 1.807) is 0 Å². The Morgan fingerprint density at radius 3 is 2.26 bits per heavy atom. The number of aliphatic hydroxyl groups excluding tert-OH is 1. The van der Waals surface area contributed by atoms with Crippen LogP contribution in [-0.4, -0.2) is 46.0 Å². The van der Waals surface area contributed by atoms with Gasteiger partial charge in [-0.15, -0.1) is 0 Å². The first kappa shape index (κ1) is 13.2. The molecule has 4 nitrogen and oxygen atoms in total. The lowest BCUT2D eigenvalue weighted by Gasteiger charge is -2.29. The third-order valence-corrected chi connectivity index (χ3v) is 6.08. The van der Waals surface area contributed by atoms with Crippen LogP contribution in [0.1, 0.15) is 13.3 Å². The molecule has 5 heteroatoms. The monoisotopic (exact) mass is 281 g/mol. The van der Waals surface area contributed by atoms with Crippen LogP contribution in [0.15, 0.2) is 12.2 Å². The molecule has 1 N–H and O–H groups in total. The van der Waals surface area contributed by atoms with Gasteiger partial charge in [-0.3, -0.25) is 14.5 Å². The Labute approximate surface area is 117 Å². The average Bonchev–Trinajstić information content (AvgIpc) is 3.05. The molecule has 0 spiro atoms. The van der Waals surface area contributed by atoms with E-state index in [4.69, 9.17) is 0 Å². The highest BCUT2D eigenvalue weighted by Gasteiger charge is 2.60. The number of thioether (sulfide) groups is 1. The number of imide groups is 1. The molecule has 6 atom stereocenters. The molecule has 3 rings (SSSR count). The second-order valence-electron chi connectivity index (χ2n) is 5.74. The Morgan fingerprint density at radius 2 is 1.84 bits per heavy atom. The first-order chi connectivity index (χ1) is 9.10. The second-order valence-corrected chi connectivity index (χ2v) is 6.82. The van der Waals surface area contributed by atoms with Crippen LogP contribution < -0.4 is 0 Å². The van der Waals surface area contributed by atoms with Gasteiger partial charge in [-0.2, -0.15) is 11.8 Å². The number of hydrogen-bond acceptors (Lipinski definition) is 4. The molecule has 1 saturated carbocycles. The van der Waals surface area contributed by atoms with Crippen molar-refractivity contribution in [2.24, 2.45) is 23.7 Å². The summed E-state index contributed by atoms with van der Waals surface area (Å²) in [6.07, 6.45) is 7.06. The number of carbonyl (C=O) groups excluding carboxylic acids is 2. The number of aliphatic hydroxyl groups is 1. The predicted molar refractivity (Wildman–Crippen MR) is 73.4 cm³/mol. The Bertz CT molecular complexity index is 416. The Morgan fingerprint density at radius 1 is 1.32 bits per heavy atom. The minimum Gasteiger partial charge on any atom is -0.395 e. The van der Waals surface area contributed by atoms with Crippen molar-refractivity contribution in [3.63, 3.8) is 0 Å². The summed E-state index contributed by atoms with van der Waals surface area (Å²) in [5.74, 6) is 0.201. The lowest BCUT2D eigenvalue weighted by molar-refractivity contribution is -0.143. The van der Waals surface area contributed by atoms with Crippen LogP contribution in [0.25, 0.3) is 0 Å². The van der Waals surface area contributed by atoms with Gasteiger partial charge in [0.2, 0.25) is 11.8 Å². The molecule has 1 aliphatic heterocycles. The van der Waals surface area contributed by atoms with Gasteiger partial charge in [-0.1, -0.05) is 12.2 Å². The number of likely N-dealkylation sites (tertiary alicyclic amines) is 1.